The van der Waals surface area contributed by atoms with Gasteiger partial charge in [0.05, 0.1) is 0 Å². The Morgan fingerprint density at radius 1 is 1.06 bits per heavy atom. The van der Waals surface area contributed by atoms with Crippen molar-refractivity contribution in [1.82, 2.24) is 5.32 Å². The zero-order valence-corrected chi connectivity index (χ0v) is 11.6. The maximum absolute atomic E-state index is 5.47. The van der Waals surface area contributed by atoms with E-state index in [0.717, 1.165) is 25.2 Å². The van der Waals surface area contributed by atoms with Gasteiger partial charge < -0.3 is 10.1 Å². The van der Waals surface area contributed by atoms with Gasteiger partial charge in [-0.25, -0.2) is 0 Å². The SMILES string of the molecule is CCC(CC)(CNC1CC1)CC1CCOCC1. The highest BCUT2D eigenvalue weighted by Gasteiger charge is 2.32. The molecular weight excluding hydrogens is 210 g/mol. The van der Waals surface area contributed by atoms with Crippen LogP contribution in [0.25, 0.3) is 0 Å². The monoisotopic (exact) mass is 239 g/mol. The lowest BCUT2D eigenvalue weighted by Crippen LogP contribution is -2.37. The van der Waals surface area contributed by atoms with Crippen molar-refractivity contribution in [3.8, 4) is 0 Å². The van der Waals surface area contributed by atoms with Crippen molar-refractivity contribution in [1.29, 1.82) is 0 Å². The molecule has 1 saturated carbocycles. The molecule has 0 aromatic rings. The van der Waals surface area contributed by atoms with Crippen molar-refractivity contribution in [2.24, 2.45) is 11.3 Å². The van der Waals surface area contributed by atoms with Gasteiger partial charge in [-0.05, 0) is 56.3 Å². The normalized spacial score (nSPS) is 22.9. The molecule has 1 N–H and O–H groups in total. The van der Waals surface area contributed by atoms with Gasteiger partial charge in [0.25, 0.3) is 0 Å². The van der Waals surface area contributed by atoms with Gasteiger partial charge in [-0.3, -0.25) is 0 Å². The molecule has 1 saturated heterocycles. The molecule has 0 unspecified atom stereocenters. The Bertz CT molecular complexity index is 215. The van der Waals surface area contributed by atoms with E-state index in [1.807, 2.05) is 0 Å². The molecule has 0 aromatic heterocycles. The summed E-state index contributed by atoms with van der Waals surface area (Å²) in [5, 5.41) is 3.76. The van der Waals surface area contributed by atoms with Crippen LogP contribution in [0.4, 0.5) is 0 Å². The number of nitrogens with one attached hydrogen (secondary N) is 1. The zero-order chi connectivity index (χ0) is 12.1. The number of hydrogen-bond acceptors (Lipinski definition) is 2. The maximum atomic E-state index is 5.47. The average Bonchev–Trinajstić information content (AvgIpc) is 3.20. The number of hydrogen-bond donors (Lipinski definition) is 1. The Hall–Kier alpha value is -0.0800. The Morgan fingerprint density at radius 3 is 2.24 bits per heavy atom. The second kappa shape index (κ2) is 6.19. The molecule has 100 valence electrons. The van der Waals surface area contributed by atoms with E-state index in [1.54, 1.807) is 0 Å². The first-order valence-electron chi connectivity index (χ1n) is 7.59. The summed E-state index contributed by atoms with van der Waals surface area (Å²) in [7, 11) is 0. The van der Waals surface area contributed by atoms with Gasteiger partial charge in [0.15, 0.2) is 0 Å². The van der Waals surface area contributed by atoms with Crippen molar-refractivity contribution in [2.75, 3.05) is 19.8 Å². The van der Waals surface area contributed by atoms with E-state index < -0.39 is 0 Å². The first-order valence-corrected chi connectivity index (χ1v) is 7.59. The van der Waals surface area contributed by atoms with Crippen LogP contribution in [-0.2, 0) is 4.74 Å². The van der Waals surface area contributed by atoms with E-state index in [1.165, 1.54) is 51.5 Å². The van der Waals surface area contributed by atoms with E-state index in [-0.39, 0.29) is 0 Å². The minimum atomic E-state index is 0.546. The Morgan fingerprint density at radius 2 is 1.71 bits per heavy atom. The molecule has 1 aliphatic carbocycles. The fraction of sp³-hybridized carbons (Fsp3) is 1.00. The maximum Gasteiger partial charge on any atom is 0.0468 e. The van der Waals surface area contributed by atoms with Gasteiger partial charge in [-0.15, -0.1) is 0 Å². The first kappa shape index (κ1) is 13.4. The second-order valence-corrected chi connectivity index (χ2v) is 6.12. The summed E-state index contributed by atoms with van der Waals surface area (Å²) >= 11 is 0. The summed E-state index contributed by atoms with van der Waals surface area (Å²) in [5.41, 5.74) is 0.546. The van der Waals surface area contributed by atoms with E-state index in [4.69, 9.17) is 4.74 Å². The van der Waals surface area contributed by atoms with Crippen molar-refractivity contribution < 1.29 is 4.74 Å². The van der Waals surface area contributed by atoms with Gasteiger partial charge in [0, 0.05) is 25.8 Å². The van der Waals surface area contributed by atoms with E-state index in [0.29, 0.717) is 5.41 Å². The van der Waals surface area contributed by atoms with Crippen molar-refractivity contribution in [2.45, 2.75) is 64.8 Å². The molecular formula is C15H29NO. The summed E-state index contributed by atoms with van der Waals surface area (Å²) in [4.78, 5) is 0. The topological polar surface area (TPSA) is 21.3 Å². The van der Waals surface area contributed by atoms with Gasteiger partial charge in [0.2, 0.25) is 0 Å². The van der Waals surface area contributed by atoms with Crippen LogP contribution >= 0.6 is 0 Å². The Balaban J connectivity index is 1.83. The lowest BCUT2D eigenvalue weighted by atomic mass is 9.73. The fourth-order valence-electron chi connectivity index (χ4n) is 3.07. The fourth-order valence-corrected chi connectivity index (χ4v) is 3.07. The smallest absolute Gasteiger partial charge is 0.0468 e. The van der Waals surface area contributed by atoms with Gasteiger partial charge in [0.1, 0.15) is 0 Å². The molecule has 2 heteroatoms. The summed E-state index contributed by atoms with van der Waals surface area (Å²) in [6.45, 7) is 7.96. The highest BCUT2D eigenvalue weighted by molar-refractivity contribution is 4.88. The van der Waals surface area contributed by atoms with Crippen LogP contribution in [0, 0.1) is 11.3 Å². The molecule has 0 amide bonds. The molecule has 0 spiro atoms. The van der Waals surface area contributed by atoms with Crippen LogP contribution in [0.5, 0.6) is 0 Å². The molecule has 0 atom stereocenters. The van der Waals surface area contributed by atoms with E-state index >= 15 is 0 Å². The third kappa shape index (κ3) is 3.96. The van der Waals surface area contributed by atoms with Crippen molar-refractivity contribution in [3.05, 3.63) is 0 Å². The molecule has 0 radical (unpaired) electrons. The highest BCUT2D eigenvalue weighted by atomic mass is 16.5. The molecule has 0 aromatic carbocycles. The molecule has 2 fully saturated rings. The third-order valence-electron chi connectivity index (χ3n) is 4.91. The lowest BCUT2D eigenvalue weighted by Gasteiger charge is -2.37. The van der Waals surface area contributed by atoms with Gasteiger partial charge in [-0.2, -0.15) is 0 Å². The molecule has 2 rings (SSSR count). The first-order chi connectivity index (χ1) is 8.28. The number of ether oxygens (including phenoxy) is 1. The predicted octanol–water partition coefficient (Wildman–Crippen LogP) is 3.36. The molecule has 17 heavy (non-hydrogen) atoms. The lowest BCUT2D eigenvalue weighted by molar-refractivity contribution is 0.0442. The van der Waals surface area contributed by atoms with Crippen LogP contribution in [-0.4, -0.2) is 25.8 Å². The second-order valence-electron chi connectivity index (χ2n) is 6.12. The standard InChI is InChI=1S/C15H29NO/c1-3-15(4-2,12-16-14-5-6-14)11-13-7-9-17-10-8-13/h13-14,16H,3-12H2,1-2H3. The zero-order valence-electron chi connectivity index (χ0n) is 11.6. The Kier molecular flexibility index (Phi) is 4.87. The summed E-state index contributed by atoms with van der Waals surface area (Å²) < 4.78 is 5.47. The average molecular weight is 239 g/mol. The van der Waals surface area contributed by atoms with Crippen LogP contribution in [0.15, 0.2) is 0 Å². The molecule has 1 heterocycles. The summed E-state index contributed by atoms with van der Waals surface area (Å²) in [5.74, 6) is 0.907. The summed E-state index contributed by atoms with van der Waals surface area (Å²) in [6.07, 6.45) is 9.42. The van der Waals surface area contributed by atoms with Crippen molar-refractivity contribution in [3.63, 3.8) is 0 Å². The van der Waals surface area contributed by atoms with Crippen molar-refractivity contribution >= 4 is 0 Å². The highest BCUT2D eigenvalue weighted by Crippen LogP contribution is 2.37. The van der Waals surface area contributed by atoms with E-state index in [9.17, 15) is 0 Å². The largest absolute Gasteiger partial charge is 0.381 e. The summed E-state index contributed by atoms with van der Waals surface area (Å²) in [6, 6.07) is 0.849. The van der Waals surface area contributed by atoms with Gasteiger partial charge >= 0.3 is 0 Å². The predicted molar refractivity (Wildman–Crippen MR) is 72.2 cm³/mol. The molecule has 0 bridgehead atoms. The van der Waals surface area contributed by atoms with E-state index in [2.05, 4.69) is 19.2 Å². The Labute approximate surface area is 107 Å². The van der Waals surface area contributed by atoms with Crippen LogP contribution in [0.1, 0.15) is 58.8 Å². The van der Waals surface area contributed by atoms with Gasteiger partial charge in [-0.1, -0.05) is 13.8 Å². The molecule has 2 aliphatic rings. The third-order valence-corrected chi connectivity index (χ3v) is 4.91. The van der Waals surface area contributed by atoms with Crippen LogP contribution in [0.2, 0.25) is 0 Å². The van der Waals surface area contributed by atoms with Crippen LogP contribution < -0.4 is 5.32 Å². The molecule has 2 nitrogen and oxygen atoms in total. The van der Waals surface area contributed by atoms with Crippen LogP contribution in [0.3, 0.4) is 0 Å². The molecule has 1 aliphatic heterocycles. The quantitative estimate of drug-likeness (QED) is 0.735. The minimum Gasteiger partial charge on any atom is -0.381 e. The minimum absolute atomic E-state index is 0.546. The number of rotatable bonds is 7.